The highest BCUT2D eigenvalue weighted by atomic mass is 35.5. The largest absolute Gasteiger partial charge is 0.465 e. The van der Waals surface area contributed by atoms with Gasteiger partial charge in [-0.2, -0.15) is 0 Å². The van der Waals surface area contributed by atoms with Crippen molar-refractivity contribution in [3.63, 3.8) is 0 Å². The minimum Gasteiger partial charge on any atom is -0.465 e. The van der Waals surface area contributed by atoms with Crippen LogP contribution in [0.25, 0.3) is 0 Å². The van der Waals surface area contributed by atoms with E-state index in [1.54, 1.807) is 4.90 Å². The first-order valence-electron chi connectivity index (χ1n) is 8.40. The molecule has 1 aromatic heterocycles. The van der Waals surface area contributed by atoms with E-state index in [1.807, 2.05) is 0 Å². The third-order valence-electron chi connectivity index (χ3n) is 5.60. The van der Waals surface area contributed by atoms with Crippen LogP contribution >= 0.6 is 11.6 Å². The van der Waals surface area contributed by atoms with E-state index in [9.17, 15) is 4.79 Å². The lowest BCUT2D eigenvalue weighted by Crippen LogP contribution is -2.30. The summed E-state index contributed by atoms with van der Waals surface area (Å²) < 4.78 is 0. The number of anilines is 1. The third-order valence-corrected chi connectivity index (χ3v) is 5.91. The van der Waals surface area contributed by atoms with Crippen molar-refractivity contribution in [2.45, 2.75) is 44.6 Å². The molecule has 2 heterocycles. The van der Waals surface area contributed by atoms with E-state index >= 15 is 0 Å². The van der Waals surface area contributed by atoms with Crippen molar-refractivity contribution in [2.24, 2.45) is 11.8 Å². The highest BCUT2D eigenvalue weighted by Crippen LogP contribution is 2.40. The van der Waals surface area contributed by atoms with Gasteiger partial charge in [0.25, 0.3) is 0 Å². The van der Waals surface area contributed by atoms with Crippen molar-refractivity contribution in [2.75, 3.05) is 18.4 Å². The van der Waals surface area contributed by atoms with Crippen molar-refractivity contribution < 1.29 is 9.90 Å². The second kappa shape index (κ2) is 5.82. The number of carboxylic acid groups (broad SMARTS) is 1. The molecule has 1 saturated heterocycles. The Hall–Kier alpha value is -1.56. The summed E-state index contributed by atoms with van der Waals surface area (Å²) >= 11 is 6.19. The molecule has 0 unspecified atom stereocenters. The van der Waals surface area contributed by atoms with E-state index in [-0.39, 0.29) is 0 Å². The Morgan fingerprint density at radius 1 is 1.13 bits per heavy atom. The highest BCUT2D eigenvalue weighted by Gasteiger charge is 2.42. The molecule has 1 amide bonds. The minimum atomic E-state index is -0.790. The Labute approximate surface area is 140 Å². The summed E-state index contributed by atoms with van der Waals surface area (Å²) in [6, 6.07) is 0.363. The number of aromatic nitrogens is 2. The molecule has 1 aromatic rings. The van der Waals surface area contributed by atoms with Gasteiger partial charge in [0.2, 0.25) is 0 Å². The molecule has 1 saturated carbocycles. The molecule has 2 aliphatic carbocycles. The lowest BCUT2D eigenvalue weighted by molar-refractivity contribution is 0.152. The van der Waals surface area contributed by atoms with Crippen molar-refractivity contribution in [3.05, 3.63) is 16.3 Å². The fourth-order valence-corrected chi connectivity index (χ4v) is 4.74. The topological polar surface area (TPSA) is 78.4 Å². The van der Waals surface area contributed by atoms with E-state index in [2.05, 4.69) is 15.5 Å². The zero-order valence-corrected chi connectivity index (χ0v) is 13.7. The number of fused-ring (bicyclic) bond motifs is 2. The van der Waals surface area contributed by atoms with Gasteiger partial charge < -0.3 is 15.3 Å². The molecule has 2 N–H and O–H groups in total. The van der Waals surface area contributed by atoms with Gasteiger partial charge in [0.1, 0.15) is 0 Å². The van der Waals surface area contributed by atoms with E-state index in [0.717, 1.165) is 43.5 Å². The second-order valence-corrected chi connectivity index (χ2v) is 7.38. The Balaban J connectivity index is 1.46. The van der Waals surface area contributed by atoms with Crippen LogP contribution in [0.4, 0.5) is 10.6 Å². The van der Waals surface area contributed by atoms with Crippen LogP contribution in [0.1, 0.15) is 36.8 Å². The molecule has 1 aliphatic heterocycles. The van der Waals surface area contributed by atoms with Crippen molar-refractivity contribution in [3.8, 4) is 0 Å². The first kappa shape index (κ1) is 15.0. The number of likely N-dealkylation sites (tertiary alicyclic amines) is 1. The van der Waals surface area contributed by atoms with Crippen LogP contribution in [-0.4, -0.2) is 45.4 Å². The number of halogens is 1. The zero-order valence-electron chi connectivity index (χ0n) is 13.0. The molecule has 124 valence electrons. The van der Waals surface area contributed by atoms with Crippen LogP contribution in [0.15, 0.2) is 0 Å². The molecule has 3 aliphatic rings. The standard InChI is InChI=1S/C16H21ClN4O2/c17-14-12-3-1-2-4-13(12)15(20-19-14)18-11-5-9-7-21(16(22)23)8-10(9)6-11/h9-11H,1-8H2,(H,18,20)(H,22,23)/t9-,10+,11+. The van der Waals surface area contributed by atoms with Crippen molar-refractivity contribution in [1.29, 1.82) is 0 Å². The fraction of sp³-hybridized carbons (Fsp3) is 0.688. The van der Waals surface area contributed by atoms with Crippen LogP contribution in [0, 0.1) is 11.8 Å². The SMILES string of the molecule is O=C(O)N1C[C@H]2C[C@H](Nc3nnc(Cl)c4c3CCCC4)C[C@H]2C1. The maximum atomic E-state index is 11.1. The summed E-state index contributed by atoms with van der Waals surface area (Å²) in [6.45, 7) is 1.34. The summed E-state index contributed by atoms with van der Waals surface area (Å²) in [5.74, 6) is 1.84. The number of amides is 1. The van der Waals surface area contributed by atoms with Gasteiger partial charge in [-0.15, -0.1) is 10.2 Å². The maximum absolute atomic E-state index is 11.1. The molecular formula is C16H21ClN4O2. The monoisotopic (exact) mass is 336 g/mol. The molecule has 7 heteroatoms. The van der Waals surface area contributed by atoms with Crippen LogP contribution in [0.3, 0.4) is 0 Å². The van der Waals surface area contributed by atoms with Gasteiger partial charge in [-0.1, -0.05) is 11.6 Å². The van der Waals surface area contributed by atoms with Gasteiger partial charge in [-0.3, -0.25) is 0 Å². The predicted molar refractivity (Wildman–Crippen MR) is 86.9 cm³/mol. The maximum Gasteiger partial charge on any atom is 0.407 e. The minimum absolute atomic E-state index is 0.363. The summed E-state index contributed by atoms with van der Waals surface area (Å²) in [5.41, 5.74) is 2.39. The number of hydrogen-bond donors (Lipinski definition) is 2. The number of carbonyl (C=O) groups is 1. The number of nitrogens with one attached hydrogen (secondary N) is 1. The Morgan fingerprint density at radius 2 is 1.78 bits per heavy atom. The fourth-order valence-electron chi connectivity index (χ4n) is 4.49. The Bertz CT molecular complexity index is 625. The quantitative estimate of drug-likeness (QED) is 0.868. The predicted octanol–water partition coefficient (Wildman–Crippen LogP) is 2.81. The second-order valence-electron chi connectivity index (χ2n) is 7.02. The molecule has 23 heavy (non-hydrogen) atoms. The summed E-state index contributed by atoms with van der Waals surface area (Å²) in [6.07, 6.45) is 5.56. The van der Waals surface area contributed by atoms with Gasteiger partial charge in [0.05, 0.1) is 0 Å². The van der Waals surface area contributed by atoms with E-state index in [0.29, 0.717) is 36.1 Å². The first-order valence-corrected chi connectivity index (χ1v) is 8.78. The average molecular weight is 337 g/mol. The first-order chi connectivity index (χ1) is 11.1. The van der Waals surface area contributed by atoms with Crippen LogP contribution in [0.2, 0.25) is 5.15 Å². The van der Waals surface area contributed by atoms with Crippen molar-refractivity contribution >= 4 is 23.5 Å². The summed E-state index contributed by atoms with van der Waals surface area (Å²) in [7, 11) is 0. The molecule has 0 spiro atoms. The molecule has 3 atom stereocenters. The van der Waals surface area contributed by atoms with Gasteiger partial charge in [0, 0.05) is 24.7 Å². The third kappa shape index (κ3) is 2.73. The van der Waals surface area contributed by atoms with Crippen LogP contribution < -0.4 is 5.32 Å². The van der Waals surface area contributed by atoms with Gasteiger partial charge in [-0.25, -0.2) is 4.79 Å². The number of nitrogens with zero attached hydrogens (tertiary/aromatic N) is 3. The average Bonchev–Trinajstić information content (AvgIpc) is 3.09. The van der Waals surface area contributed by atoms with E-state index in [4.69, 9.17) is 16.7 Å². The summed E-state index contributed by atoms with van der Waals surface area (Å²) in [4.78, 5) is 12.6. The molecule has 0 aromatic carbocycles. The highest BCUT2D eigenvalue weighted by molar-refractivity contribution is 6.30. The lowest BCUT2D eigenvalue weighted by atomic mass is 9.93. The van der Waals surface area contributed by atoms with Crippen LogP contribution in [0.5, 0.6) is 0 Å². The van der Waals surface area contributed by atoms with Gasteiger partial charge >= 0.3 is 6.09 Å². The molecule has 0 radical (unpaired) electrons. The molecular weight excluding hydrogens is 316 g/mol. The molecule has 2 fully saturated rings. The van der Waals surface area contributed by atoms with Gasteiger partial charge in [-0.05, 0) is 55.9 Å². The normalized spacial score (nSPS) is 29.3. The number of rotatable bonds is 2. The van der Waals surface area contributed by atoms with Crippen LogP contribution in [-0.2, 0) is 12.8 Å². The molecule has 4 rings (SSSR count). The zero-order chi connectivity index (χ0) is 16.0. The smallest absolute Gasteiger partial charge is 0.407 e. The Morgan fingerprint density at radius 3 is 2.43 bits per heavy atom. The van der Waals surface area contributed by atoms with E-state index < -0.39 is 6.09 Å². The lowest BCUT2D eigenvalue weighted by Gasteiger charge is -2.22. The summed E-state index contributed by atoms with van der Waals surface area (Å²) in [5, 5.41) is 21.6. The van der Waals surface area contributed by atoms with Crippen molar-refractivity contribution in [1.82, 2.24) is 15.1 Å². The Kier molecular flexibility index (Phi) is 3.79. The van der Waals surface area contributed by atoms with E-state index in [1.165, 1.54) is 12.0 Å². The molecule has 0 bridgehead atoms. The van der Waals surface area contributed by atoms with Gasteiger partial charge in [0.15, 0.2) is 11.0 Å². The molecule has 6 nitrogen and oxygen atoms in total. The number of hydrogen-bond acceptors (Lipinski definition) is 4.